The number of nitrogens with zero attached hydrogens (tertiary/aromatic N) is 1. The van der Waals surface area contributed by atoms with Gasteiger partial charge in [-0.3, -0.25) is 0 Å². The number of nitrogens with one attached hydrogen (secondary N) is 2. The van der Waals surface area contributed by atoms with Gasteiger partial charge in [0.15, 0.2) is 5.11 Å². The maximum Gasteiger partial charge on any atom is 0.166 e. The summed E-state index contributed by atoms with van der Waals surface area (Å²) in [5.41, 5.74) is 0. The van der Waals surface area contributed by atoms with Crippen molar-refractivity contribution in [2.45, 2.75) is 57.7 Å². The minimum atomic E-state index is 0.423. The molecule has 0 bridgehead atoms. The van der Waals surface area contributed by atoms with Gasteiger partial charge in [-0.2, -0.15) is 0 Å². The minimum Gasteiger partial charge on any atom is -0.361 e. The van der Waals surface area contributed by atoms with E-state index in [4.69, 9.17) is 12.2 Å². The smallest absolute Gasteiger partial charge is 0.166 e. The number of hydrogen-bond acceptors (Lipinski definition) is 2. The highest BCUT2D eigenvalue weighted by atomic mass is 32.1. The molecule has 2 atom stereocenters. The average Bonchev–Trinajstić information content (AvgIpc) is 2.63. The van der Waals surface area contributed by atoms with Gasteiger partial charge in [-0.15, -0.1) is 0 Å². The van der Waals surface area contributed by atoms with Gasteiger partial charge in [-0.05, 0) is 58.3 Å². The summed E-state index contributed by atoms with van der Waals surface area (Å²) in [4.78, 5) is 2.64. The standard InChI is InChI=1S/C12H23N3S/c1-9(2)13-12(16)14-10-5-7-15-6-3-4-11(15)8-10/h9-11H,3-8H2,1-2H3,(H2,13,14,16). The number of rotatable bonds is 2. The topological polar surface area (TPSA) is 27.3 Å². The van der Waals surface area contributed by atoms with E-state index in [0.29, 0.717) is 12.1 Å². The number of thiocarbonyl (C=S) groups is 1. The third-order valence-corrected chi connectivity index (χ3v) is 3.81. The lowest BCUT2D eigenvalue weighted by atomic mass is 9.98. The Kier molecular flexibility index (Phi) is 4.03. The first-order chi connectivity index (χ1) is 7.65. The molecule has 0 amide bonds. The highest BCUT2D eigenvalue weighted by Gasteiger charge is 2.31. The maximum absolute atomic E-state index is 5.30. The first kappa shape index (κ1) is 12.1. The molecule has 0 saturated carbocycles. The summed E-state index contributed by atoms with van der Waals surface area (Å²) < 4.78 is 0. The molecule has 92 valence electrons. The molecule has 2 rings (SSSR count). The van der Waals surface area contributed by atoms with Gasteiger partial charge < -0.3 is 15.5 Å². The van der Waals surface area contributed by atoms with Crippen molar-refractivity contribution in [3.8, 4) is 0 Å². The Morgan fingerprint density at radius 1 is 1.31 bits per heavy atom. The number of hydrogen-bond donors (Lipinski definition) is 2. The first-order valence-corrected chi connectivity index (χ1v) is 6.87. The predicted molar refractivity (Wildman–Crippen MR) is 71.6 cm³/mol. The molecular weight excluding hydrogens is 218 g/mol. The summed E-state index contributed by atoms with van der Waals surface area (Å²) in [6, 6.07) is 1.82. The van der Waals surface area contributed by atoms with Gasteiger partial charge >= 0.3 is 0 Å². The van der Waals surface area contributed by atoms with Crippen LogP contribution >= 0.6 is 12.2 Å². The Bertz CT molecular complexity index is 255. The highest BCUT2D eigenvalue weighted by Crippen LogP contribution is 2.26. The second-order valence-corrected chi connectivity index (χ2v) is 5.73. The fourth-order valence-corrected chi connectivity index (χ4v) is 3.25. The Morgan fingerprint density at radius 3 is 2.88 bits per heavy atom. The molecular formula is C12H23N3S. The largest absolute Gasteiger partial charge is 0.361 e. The Labute approximate surface area is 104 Å². The van der Waals surface area contributed by atoms with Crippen LogP contribution in [0.4, 0.5) is 0 Å². The second kappa shape index (κ2) is 5.32. The zero-order valence-corrected chi connectivity index (χ0v) is 11.1. The summed E-state index contributed by atoms with van der Waals surface area (Å²) in [7, 11) is 0. The molecule has 3 nitrogen and oxygen atoms in total. The molecule has 2 unspecified atom stereocenters. The Hall–Kier alpha value is -0.350. The Morgan fingerprint density at radius 2 is 2.12 bits per heavy atom. The van der Waals surface area contributed by atoms with Crippen molar-refractivity contribution in [2.75, 3.05) is 13.1 Å². The molecule has 0 aromatic carbocycles. The van der Waals surface area contributed by atoms with Crippen LogP contribution in [-0.4, -0.2) is 41.2 Å². The normalized spacial score (nSPS) is 30.2. The molecule has 2 fully saturated rings. The van der Waals surface area contributed by atoms with E-state index in [1.54, 1.807) is 0 Å². The van der Waals surface area contributed by atoms with Crippen molar-refractivity contribution in [3.63, 3.8) is 0 Å². The number of piperidine rings is 1. The summed E-state index contributed by atoms with van der Waals surface area (Å²) in [6.07, 6.45) is 5.25. The van der Waals surface area contributed by atoms with Crippen LogP contribution in [0.2, 0.25) is 0 Å². The van der Waals surface area contributed by atoms with Gasteiger partial charge in [0.2, 0.25) is 0 Å². The van der Waals surface area contributed by atoms with Crippen molar-refractivity contribution in [1.29, 1.82) is 0 Å². The molecule has 0 spiro atoms. The molecule has 2 heterocycles. The van der Waals surface area contributed by atoms with Gasteiger partial charge in [0, 0.05) is 24.7 Å². The number of fused-ring (bicyclic) bond motifs is 1. The molecule has 2 saturated heterocycles. The van der Waals surface area contributed by atoms with E-state index in [1.807, 2.05) is 0 Å². The van der Waals surface area contributed by atoms with E-state index in [0.717, 1.165) is 11.2 Å². The Balaban J connectivity index is 1.76. The van der Waals surface area contributed by atoms with Crippen LogP contribution in [-0.2, 0) is 0 Å². The molecule has 4 heteroatoms. The summed E-state index contributed by atoms with van der Waals surface area (Å²) in [6.45, 7) is 6.79. The molecule has 16 heavy (non-hydrogen) atoms. The van der Waals surface area contributed by atoms with Crippen LogP contribution in [0.1, 0.15) is 39.5 Å². The fourth-order valence-electron chi connectivity index (χ4n) is 2.84. The molecule has 0 aromatic heterocycles. The first-order valence-electron chi connectivity index (χ1n) is 6.46. The average molecular weight is 241 g/mol. The lowest BCUT2D eigenvalue weighted by molar-refractivity contribution is 0.175. The van der Waals surface area contributed by atoms with E-state index >= 15 is 0 Å². The zero-order chi connectivity index (χ0) is 11.5. The van der Waals surface area contributed by atoms with Gasteiger partial charge in [0.05, 0.1) is 0 Å². The SMILES string of the molecule is CC(C)NC(=S)NC1CCN2CCCC2C1. The van der Waals surface area contributed by atoms with Crippen molar-refractivity contribution in [2.24, 2.45) is 0 Å². The van der Waals surface area contributed by atoms with Crippen molar-refractivity contribution in [1.82, 2.24) is 15.5 Å². The molecule has 2 N–H and O–H groups in total. The third kappa shape index (κ3) is 3.08. The maximum atomic E-state index is 5.30. The second-order valence-electron chi connectivity index (χ2n) is 5.33. The molecule has 0 aliphatic carbocycles. The predicted octanol–water partition coefficient (Wildman–Crippen LogP) is 1.49. The van der Waals surface area contributed by atoms with Gasteiger partial charge in [-0.25, -0.2) is 0 Å². The molecule has 0 radical (unpaired) electrons. The summed E-state index contributed by atoms with van der Waals surface area (Å²) in [5, 5.41) is 7.54. The lowest BCUT2D eigenvalue weighted by Gasteiger charge is -2.35. The van der Waals surface area contributed by atoms with E-state index in [9.17, 15) is 0 Å². The van der Waals surface area contributed by atoms with Gasteiger partial charge in [0.25, 0.3) is 0 Å². The van der Waals surface area contributed by atoms with Crippen molar-refractivity contribution < 1.29 is 0 Å². The fraction of sp³-hybridized carbons (Fsp3) is 0.917. The van der Waals surface area contributed by atoms with Gasteiger partial charge in [-0.1, -0.05) is 0 Å². The van der Waals surface area contributed by atoms with Crippen molar-refractivity contribution in [3.05, 3.63) is 0 Å². The minimum absolute atomic E-state index is 0.423. The zero-order valence-electron chi connectivity index (χ0n) is 10.3. The summed E-state index contributed by atoms with van der Waals surface area (Å²) in [5.74, 6) is 0. The highest BCUT2D eigenvalue weighted by molar-refractivity contribution is 7.80. The molecule has 0 aromatic rings. The lowest BCUT2D eigenvalue weighted by Crippen LogP contribution is -2.50. The van der Waals surface area contributed by atoms with E-state index in [-0.39, 0.29) is 0 Å². The van der Waals surface area contributed by atoms with Crippen LogP contribution in [0.3, 0.4) is 0 Å². The van der Waals surface area contributed by atoms with E-state index < -0.39 is 0 Å². The van der Waals surface area contributed by atoms with Gasteiger partial charge in [0.1, 0.15) is 0 Å². The van der Waals surface area contributed by atoms with E-state index in [2.05, 4.69) is 29.4 Å². The van der Waals surface area contributed by atoms with Crippen LogP contribution in [0.15, 0.2) is 0 Å². The van der Waals surface area contributed by atoms with Crippen molar-refractivity contribution >= 4 is 17.3 Å². The summed E-state index contributed by atoms with van der Waals surface area (Å²) >= 11 is 5.30. The van der Waals surface area contributed by atoms with Crippen LogP contribution in [0.5, 0.6) is 0 Å². The monoisotopic (exact) mass is 241 g/mol. The van der Waals surface area contributed by atoms with Crippen LogP contribution in [0.25, 0.3) is 0 Å². The molecule has 2 aliphatic rings. The molecule has 2 aliphatic heterocycles. The van der Waals surface area contributed by atoms with Crippen LogP contribution < -0.4 is 10.6 Å². The quantitative estimate of drug-likeness (QED) is 0.716. The van der Waals surface area contributed by atoms with E-state index in [1.165, 1.54) is 38.8 Å². The van der Waals surface area contributed by atoms with Crippen LogP contribution in [0, 0.1) is 0 Å². The third-order valence-electron chi connectivity index (χ3n) is 3.58.